The van der Waals surface area contributed by atoms with Gasteiger partial charge in [-0.25, -0.2) is 0 Å². The van der Waals surface area contributed by atoms with Gasteiger partial charge in [0.25, 0.3) is 0 Å². The average molecular weight is 229 g/mol. The molecule has 0 aromatic heterocycles. The van der Waals surface area contributed by atoms with Crippen LogP contribution in [0.4, 0.5) is 13.2 Å². The second kappa shape index (κ2) is 7.90. The Morgan fingerprint density at radius 3 is 2.27 bits per heavy atom. The lowest BCUT2D eigenvalue weighted by Crippen LogP contribution is -2.36. The third-order valence-corrected chi connectivity index (χ3v) is 1.83. The van der Waals surface area contributed by atoms with E-state index < -0.39 is 12.7 Å². The van der Waals surface area contributed by atoms with Crippen molar-refractivity contribution in [2.24, 2.45) is 0 Å². The van der Waals surface area contributed by atoms with Crippen molar-refractivity contribution in [1.29, 1.82) is 0 Å². The van der Waals surface area contributed by atoms with E-state index in [4.69, 9.17) is 9.47 Å². The van der Waals surface area contributed by atoms with Crippen LogP contribution in [0, 0.1) is 0 Å². The normalized spacial score (nSPS) is 12.4. The number of rotatable bonds is 8. The zero-order valence-electron chi connectivity index (χ0n) is 9.14. The van der Waals surface area contributed by atoms with Crippen molar-refractivity contribution in [2.75, 3.05) is 46.6 Å². The van der Waals surface area contributed by atoms with E-state index in [1.165, 1.54) is 4.90 Å². The van der Waals surface area contributed by atoms with E-state index in [0.717, 1.165) is 0 Å². The fourth-order valence-electron chi connectivity index (χ4n) is 1.04. The molecule has 0 fully saturated rings. The van der Waals surface area contributed by atoms with Gasteiger partial charge in [0.2, 0.25) is 0 Å². The Kier molecular flexibility index (Phi) is 7.72. The quantitative estimate of drug-likeness (QED) is 0.589. The molecule has 0 saturated carbocycles. The molecule has 0 N–H and O–H groups in total. The summed E-state index contributed by atoms with van der Waals surface area (Å²) < 4.78 is 45.9. The van der Waals surface area contributed by atoms with Crippen molar-refractivity contribution < 1.29 is 22.6 Å². The zero-order chi connectivity index (χ0) is 11.7. The topological polar surface area (TPSA) is 21.7 Å². The van der Waals surface area contributed by atoms with Gasteiger partial charge in [0.15, 0.2) is 0 Å². The van der Waals surface area contributed by atoms with Crippen molar-refractivity contribution in [3.8, 4) is 0 Å². The lowest BCUT2D eigenvalue weighted by atomic mass is 10.4. The van der Waals surface area contributed by atoms with Crippen LogP contribution in [-0.2, 0) is 9.47 Å². The highest BCUT2D eigenvalue weighted by molar-refractivity contribution is 4.61. The fraction of sp³-hybridized carbons (Fsp3) is 1.00. The van der Waals surface area contributed by atoms with Crippen LogP contribution in [0.3, 0.4) is 0 Å². The maximum Gasteiger partial charge on any atom is 0.401 e. The maximum absolute atomic E-state index is 12.0. The van der Waals surface area contributed by atoms with Crippen LogP contribution in [0.5, 0.6) is 0 Å². The van der Waals surface area contributed by atoms with E-state index in [1.807, 2.05) is 0 Å². The van der Waals surface area contributed by atoms with E-state index in [1.54, 1.807) is 14.0 Å². The standard InChI is InChI=1S/C9H18F3NO2/c1-3-13(8-9(10,11)12)4-5-15-7-6-14-2/h3-8H2,1-2H3. The molecular formula is C9H18F3NO2. The molecular weight excluding hydrogens is 211 g/mol. The first-order valence-electron chi connectivity index (χ1n) is 4.85. The van der Waals surface area contributed by atoms with Gasteiger partial charge in [-0.3, -0.25) is 4.90 Å². The first-order chi connectivity index (χ1) is 6.99. The highest BCUT2D eigenvalue weighted by Gasteiger charge is 2.29. The summed E-state index contributed by atoms with van der Waals surface area (Å²) in [6, 6.07) is 0. The van der Waals surface area contributed by atoms with E-state index in [2.05, 4.69) is 0 Å². The van der Waals surface area contributed by atoms with Crippen LogP contribution in [0.15, 0.2) is 0 Å². The Balaban J connectivity index is 3.53. The van der Waals surface area contributed by atoms with Gasteiger partial charge in [-0.15, -0.1) is 0 Å². The number of methoxy groups -OCH3 is 1. The Hall–Kier alpha value is -0.330. The molecule has 0 amide bonds. The van der Waals surface area contributed by atoms with Crippen LogP contribution in [0.25, 0.3) is 0 Å². The van der Waals surface area contributed by atoms with E-state index in [-0.39, 0.29) is 0 Å². The summed E-state index contributed by atoms with van der Waals surface area (Å²) in [6.07, 6.45) is -4.14. The molecule has 0 aliphatic heterocycles. The lowest BCUT2D eigenvalue weighted by Gasteiger charge is -2.21. The van der Waals surface area contributed by atoms with Gasteiger partial charge >= 0.3 is 6.18 Å². The summed E-state index contributed by atoms with van der Waals surface area (Å²) in [5.41, 5.74) is 0. The highest BCUT2D eigenvalue weighted by atomic mass is 19.4. The number of hydrogen-bond acceptors (Lipinski definition) is 3. The van der Waals surface area contributed by atoms with Gasteiger partial charge in [-0.05, 0) is 6.54 Å². The zero-order valence-corrected chi connectivity index (χ0v) is 9.14. The van der Waals surface area contributed by atoms with Crippen LogP contribution >= 0.6 is 0 Å². The largest absolute Gasteiger partial charge is 0.401 e. The Labute approximate surface area is 88.1 Å². The molecule has 0 radical (unpaired) electrons. The number of ether oxygens (including phenoxy) is 2. The third-order valence-electron chi connectivity index (χ3n) is 1.83. The number of likely N-dealkylation sites (N-methyl/N-ethyl adjacent to an activating group) is 1. The van der Waals surface area contributed by atoms with Crippen molar-refractivity contribution in [2.45, 2.75) is 13.1 Å². The minimum absolute atomic E-state index is 0.291. The van der Waals surface area contributed by atoms with Gasteiger partial charge in [0.05, 0.1) is 26.4 Å². The highest BCUT2D eigenvalue weighted by Crippen LogP contribution is 2.15. The van der Waals surface area contributed by atoms with Crippen LogP contribution < -0.4 is 0 Å². The van der Waals surface area contributed by atoms with Crippen LogP contribution in [0.1, 0.15) is 6.92 Å². The molecule has 0 aliphatic rings. The molecule has 0 aromatic carbocycles. The molecule has 0 rings (SSSR count). The van der Waals surface area contributed by atoms with Crippen LogP contribution in [-0.4, -0.2) is 57.6 Å². The molecule has 15 heavy (non-hydrogen) atoms. The summed E-state index contributed by atoms with van der Waals surface area (Å²) in [7, 11) is 1.55. The average Bonchev–Trinajstić information content (AvgIpc) is 2.14. The van der Waals surface area contributed by atoms with Crippen molar-refractivity contribution >= 4 is 0 Å². The second-order valence-corrected chi connectivity index (χ2v) is 3.09. The SMILES string of the molecule is CCN(CCOCCOC)CC(F)(F)F. The predicted octanol–water partition coefficient (Wildman–Crippen LogP) is 1.53. The van der Waals surface area contributed by atoms with Gasteiger partial charge in [0, 0.05) is 13.7 Å². The summed E-state index contributed by atoms with van der Waals surface area (Å²) in [4.78, 5) is 1.30. The van der Waals surface area contributed by atoms with Gasteiger partial charge in [0.1, 0.15) is 0 Å². The summed E-state index contributed by atoms with van der Waals surface area (Å²) in [5, 5.41) is 0. The number of alkyl halides is 3. The summed E-state index contributed by atoms with van der Waals surface area (Å²) >= 11 is 0. The third kappa shape index (κ3) is 9.96. The van der Waals surface area contributed by atoms with Gasteiger partial charge in [-0.1, -0.05) is 6.92 Å². The monoisotopic (exact) mass is 229 g/mol. The van der Waals surface area contributed by atoms with E-state index in [0.29, 0.717) is 32.9 Å². The van der Waals surface area contributed by atoms with Crippen molar-refractivity contribution in [1.82, 2.24) is 4.90 Å². The molecule has 0 atom stereocenters. The van der Waals surface area contributed by atoms with E-state index >= 15 is 0 Å². The number of hydrogen-bond donors (Lipinski definition) is 0. The second-order valence-electron chi connectivity index (χ2n) is 3.09. The summed E-state index contributed by atoms with van der Waals surface area (Å²) in [6.45, 7) is 2.66. The van der Waals surface area contributed by atoms with Gasteiger partial charge in [-0.2, -0.15) is 13.2 Å². The van der Waals surface area contributed by atoms with Gasteiger partial charge < -0.3 is 9.47 Å². The number of nitrogens with zero attached hydrogens (tertiary/aromatic N) is 1. The summed E-state index contributed by atoms with van der Waals surface area (Å²) in [5.74, 6) is 0. The van der Waals surface area contributed by atoms with Crippen molar-refractivity contribution in [3.05, 3.63) is 0 Å². The molecule has 3 nitrogen and oxygen atoms in total. The molecule has 92 valence electrons. The molecule has 0 spiro atoms. The van der Waals surface area contributed by atoms with Crippen molar-refractivity contribution in [3.63, 3.8) is 0 Å². The minimum atomic E-state index is -4.14. The molecule has 6 heteroatoms. The maximum atomic E-state index is 12.0. The molecule has 0 unspecified atom stereocenters. The first-order valence-corrected chi connectivity index (χ1v) is 4.85. The fourth-order valence-corrected chi connectivity index (χ4v) is 1.04. The molecule has 0 heterocycles. The molecule has 0 saturated heterocycles. The first kappa shape index (κ1) is 14.7. The smallest absolute Gasteiger partial charge is 0.382 e. The number of halogens is 3. The Morgan fingerprint density at radius 2 is 1.80 bits per heavy atom. The lowest BCUT2D eigenvalue weighted by molar-refractivity contribution is -0.146. The Morgan fingerprint density at radius 1 is 1.13 bits per heavy atom. The Bertz CT molecular complexity index is 153. The molecule has 0 aromatic rings. The van der Waals surface area contributed by atoms with E-state index in [9.17, 15) is 13.2 Å². The molecule has 0 aliphatic carbocycles. The molecule has 0 bridgehead atoms. The van der Waals surface area contributed by atoms with Crippen LogP contribution in [0.2, 0.25) is 0 Å². The minimum Gasteiger partial charge on any atom is -0.382 e. The predicted molar refractivity (Wildman–Crippen MR) is 50.9 cm³/mol.